The van der Waals surface area contributed by atoms with Gasteiger partial charge in [0.05, 0.1) is 6.61 Å². The van der Waals surface area contributed by atoms with Crippen LogP contribution in [0.3, 0.4) is 0 Å². The number of carbonyl (C=O) groups excluding carboxylic acids is 1. The lowest BCUT2D eigenvalue weighted by Gasteiger charge is -2.08. The Labute approximate surface area is 125 Å². The van der Waals surface area contributed by atoms with E-state index in [0.717, 1.165) is 17.0 Å². The fraction of sp³-hybridized carbons (Fsp3) is 0.235. The number of rotatable bonds is 6. The number of hydrogen-bond acceptors (Lipinski definition) is 3. The van der Waals surface area contributed by atoms with Crippen molar-refractivity contribution in [3.05, 3.63) is 59.7 Å². The van der Waals surface area contributed by atoms with Gasteiger partial charge in [-0.05, 0) is 48.9 Å². The molecule has 0 aliphatic heterocycles. The Morgan fingerprint density at radius 1 is 1.05 bits per heavy atom. The molecule has 0 radical (unpaired) electrons. The summed E-state index contributed by atoms with van der Waals surface area (Å²) in [5.74, 6) is 0.805. The third kappa shape index (κ3) is 4.24. The summed E-state index contributed by atoms with van der Waals surface area (Å²) in [5.41, 5.74) is 2.83. The first-order valence-corrected chi connectivity index (χ1v) is 7.00. The molecule has 0 unspecified atom stereocenters. The first-order valence-electron chi connectivity index (χ1n) is 7.00. The Balaban J connectivity index is 1.91. The summed E-state index contributed by atoms with van der Waals surface area (Å²) >= 11 is 0. The van der Waals surface area contributed by atoms with E-state index in [4.69, 9.17) is 4.74 Å². The molecule has 2 aromatic carbocycles. The summed E-state index contributed by atoms with van der Waals surface area (Å²) in [7, 11) is 1.63. The smallest absolute Gasteiger partial charge is 0.251 e. The molecule has 0 fully saturated rings. The van der Waals surface area contributed by atoms with Crippen LogP contribution in [0.2, 0.25) is 0 Å². The van der Waals surface area contributed by atoms with Gasteiger partial charge in [0.15, 0.2) is 0 Å². The molecule has 0 aliphatic rings. The summed E-state index contributed by atoms with van der Waals surface area (Å²) in [5, 5.41) is 5.94. The van der Waals surface area contributed by atoms with Crippen LogP contribution in [0, 0.1) is 0 Å². The second-order valence-corrected chi connectivity index (χ2v) is 4.59. The van der Waals surface area contributed by atoms with Crippen molar-refractivity contribution < 1.29 is 9.53 Å². The normalized spacial score (nSPS) is 10.0. The predicted octanol–water partition coefficient (Wildman–Crippen LogP) is 3.06. The van der Waals surface area contributed by atoms with Crippen LogP contribution < -0.4 is 15.4 Å². The summed E-state index contributed by atoms with van der Waals surface area (Å²) in [6.07, 6.45) is 0. The topological polar surface area (TPSA) is 50.4 Å². The van der Waals surface area contributed by atoms with Crippen molar-refractivity contribution >= 4 is 11.6 Å². The van der Waals surface area contributed by atoms with E-state index in [0.29, 0.717) is 18.7 Å². The highest BCUT2D eigenvalue weighted by Crippen LogP contribution is 2.16. The zero-order valence-electron chi connectivity index (χ0n) is 12.3. The fourth-order valence-electron chi connectivity index (χ4n) is 1.96. The van der Waals surface area contributed by atoms with Crippen molar-refractivity contribution in [2.45, 2.75) is 13.5 Å². The van der Waals surface area contributed by atoms with Crippen molar-refractivity contribution in [1.82, 2.24) is 5.32 Å². The van der Waals surface area contributed by atoms with E-state index in [9.17, 15) is 4.79 Å². The minimum absolute atomic E-state index is 0.0685. The number of amides is 1. The zero-order valence-corrected chi connectivity index (χ0v) is 12.3. The quantitative estimate of drug-likeness (QED) is 0.857. The van der Waals surface area contributed by atoms with Crippen LogP contribution in [0.4, 0.5) is 5.69 Å². The molecule has 4 heteroatoms. The predicted molar refractivity (Wildman–Crippen MR) is 84.8 cm³/mol. The highest BCUT2D eigenvalue weighted by molar-refractivity contribution is 5.93. The van der Waals surface area contributed by atoms with Crippen LogP contribution in [0.1, 0.15) is 22.8 Å². The van der Waals surface area contributed by atoms with Crippen molar-refractivity contribution in [3.63, 3.8) is 0 Å². The van der Waals surface area contributed by atoms with E-state index in [-0.39, 0.29) is 5.91 Å². The molecule has 21 heavy (non-hydrogen) atoms. The summed E-state index contributed by atoms with van der Waals surface area (Å²) < 4.78 is 5.40. The van der Waals surface area contributed by atoms with Crippen LogP contribution in [-0.4, -0.2) is 19.6 Å². The molecule has 0 aromatic heterocycles. The Kier molecular flexibility index (Phi) is 5.21. The van der Waals surface area contributed by atoms with Crippen molar-refractivity contribution in [2.75, 3.05) is 19.0 Å². The summed E-state index contributed by atoms with van der Waals surface area (Å²) in [4.78, 5) is 11.5. The van der Waals surface area contributed by atoms with E-state index in [1.165, 1.54) is 0 Å². The molecule has 0 saturated heterocycles. The lowest BCUT2D eigenvalue weighted by Crippen LogP contribution is -2.17. The van der Waals surface area contributed by atoms with Crippen LogP contribution >= 0.6 is 0 Å². The number of nitrogens with one attached hydrogen (secondary N) is 2. The average molecular weight is 284 g/mol. The van der Waals surface area contributed by atoms with E-state index >= 15 is 0 Å². The molecule has 2 N–H and O–H groups in total. The Morgan fingerprint density at radius 3 is 2.29 bits per heavy atom. The van der Waals surface area contributed by atoms with Gasteiger partial charge in [0.2, 0.25) is 0 Å². The molecule has 1 amide bonds. The van der Waals surface area contributed by atoms with Gasteiger partial charge in [0.1, 0.15) is 5.75 Å². The molecule has 2 aromatic rings. The molecule has 0 spiro atoms. The molecular formula is C17H20N2O2. The van der Waals surface area contributed by atoms with Crippen LogP contribution in [-0.2, 0) is 6.54 Å². The average Bonchev–Trinajstić information content (AvgIpc) is 2.54. The maximum absolute atomic E-state index is 11.5. The zero-order chi connectivity index (χ0) is 15.1. The number of hydrogen-bond donors (Lipinski definition) is 2. The Morgan fingerprint density at radius 2 is 1.71 bits per heavy atom. The first kappa shape index (κ1) is 14.9. The minimum atomic E-state index is -0.0685. The first-order chi connectivity index (χ1) is 10.2. The fourth-order valence-corrected chi connectivity index (χ4v) is 1.96. The molecule has 110 valence electrons. The molecule has 0 atom stereocenters. The molecule has 0 aliphatic carbocycles. The van der Waals surface area contributed by atoms with Gasteiger partial charge in [-0.15, -0.1) is 0 Å². The van der Waals surface area contributed by atoms with Gasteiger partial charge in [-0.25, -0.2) is 0 Å². The molecular weight excluding hydrogens is 264 g/mol. The number of anilines is 1. The molecule has 2 rings (SSSR count). The SMILES string of the molecule is CCOc1ccc(NCc2ccc(C(=O)NC)cc2)cc1. The monoisotopic (exact) mass is 284 g/mol. The Hall–Kier alpha value is -2.49. The van der Waals surface area contributed by atoms with E-state index < -0.39 is 0 Å². The maximum atomic E-state index is 11.5. The van der Waals surface area contributed by atoms with Gasteiger partial charge < -0.3 is 15.4 Å². The van der Waals surface area contributed by atoms with Gasteiger partial charge in [0, 0.05) is 24.8 Å². The van der Waals surface area contributed by atoms with Gasteiger partial charge in [-0.3, -0.25) is 4.79 Å². The van der Waals surface area contributed by atoms with Crippen molar-refractivity contribution in [3.8, 4) is 5.75 Å². The van der Waals surface area contributed by atoms with E-state index in [1.807, 2.05) is 55.5 Å². The second-order valence-electron chi connectivity index (χ2n) is 4.59. The number of ether oxygens (including phenoxy) is 1. The van der Waals surface area contributed by atoms with Gasteiger partial charge >= 0.3 is 0 Å². The van der Waals surface area contributed by atoms with E-state index in [2.05, 4.69) is 10.6 Å². The van der Waals surface area contributed by atoms with Crippen LogP contribution in [0.25, 0.3) is 0 Å². The highest BCUT2D eigenvalue weighted by Gasteiger charge is 2.02. The van der Waals surface area contributed by atoms with Crippen LogP contribution in [0.5, 0.6) is 5.75 Å². The van der Waals surface area contributed by atoms with Gasteiger partial charge in [-0.2, -0.15) is 0 Å². The second kappa shape index (κ2) is 7.33. The number of carbonyl (C=O) groups is 1. The molecule has 0 heterocycles. The summed E-state index contributed by atoms with van der Waals surface area (Å²) in [6, 6.07) is 15.4. The lowest BCUT2D eigenvalue weighted by atomic mass is 10.1. The number of benzene rings is 2. The third-order valence-electron chi connectivity index (χ3n) is 3.11. The van der Waals surface area contributed by atoms with Crippen molar-refractivity contribution in [1.29, 1.82) is 0 Å². The van der Waals surface area contributed by atoms with E-state index in [1.54, 1.807) is 7.05 Å². The molecule has 0 saturated carbocycles. The lowest BCUT2D eigenvalue weighted by molar-refractivity contribution is 0.0963. The van der Waals surface area contributed by atoms with Crippen molar-refractivity contribution in [2.24, 2.45) is 0 Å². The molecule has 4 nitrogen and oxygen atoms in total. The highest BCUT2D eigenvalue weighted by atomic mass is 16.5. The molecule has 0 bridgehead atoms. The minimum Gasteiger partial charge on any atom is -0.494 e. The summed E-state index contributed by atoms with van der Waals surface area (Å²) in [6.45, 7) is 3.35. The van der Waals surface area contributed by atoms with Crippen LogP contribution in [0.15, 0.2) is 48.5 Å². The van der Waals surface area contributed by atoms with Gasteiger partial charge in [-0.1, -0.05) is 12.1 Å². The third-order valence-corrected chi connectivity index (χ3v) is 3.11. The van der Waals surface area contributed by atoms with Gasteiger partial charge in [0.25, 0.3) is 5.91 Å². The Bertz CT molecular complexity index is 577. The maximum Gasteiger partial charge on any atom is 0.251 e. The largest absolute Gasteiger partial charge is 0.494 e. The standard InChI is InChI=1S/C17H20N2O2/c1-3-21-16-10-8-15(9-11-16)19-12-13-4-6-14(7-5-13)17(20)18-2/h4-11,19H,3,12H2,1-2H3,(H,18,20).